The molecule has 2 aromatic carbocycles. The summed E-state index contributed by atoms with van der Waals surface area (Å²) in [6, 6.07) is 9.29. The van der Waals surface area contributed by atoms with Gasteiger partial charge in [-0.3, -0.25) is 24.3 Å². The average molecular weight is 706 g/mol. The Labute approximate surface area is 298 Å². The number of carbonyl (C=O) groups excluding carboxylic acids is 3. The van der Waals surface area contributed by atoms with E-state index in [4.69, 9.17) is 14.2 Å². The number of amides is 1. The van der Waals surface area contributed by atoms with Gasteiger partial charge in [-0.15, -0.1) is 0 Å². The first-order valence-corrected chi connectivity index (χ1v) is 17.8. The molecule has 2 saturated heterocycles. The van der Waals surface area contributed by atoms with E-state index in [-0.39, 0.29) is 24.3 Å². The van der Waals surface area contributed by atoms with Crippen LogP contribution < -0.4 is 15.0 Å². The summed E-state index contributed by atoms with van der Waals surface area (Å²) in [4.78, 5) is 48.9. The maximum absolute atomic E-state index is 13.9. The van der Waals surface area contributed by atoms with Crippen molar-refractivity contribution in [3.8, 4) is 5.75 Å². The molecule has 0 aromatic heterocycles. The molecule has 4 heterocycles. The number of halogens is 1. The molecule has 1 spiro atoms. The number of likely N-dealkylation sites (N-methyl/N-ethyl adjacent to an activating group) is 1. The normalized spacial score (nSPS) is 31.4. The Hall–Kier alpha value is -4.04. The summed E-state index contributed by atoms with van der Waals surface area (Å²) in [6.45, 7) is 8.59. The highest BCUT2D eigenvalue weighted by molar-refractivity contribution is 5.95. The Balaban J connectivity index is 1.20. The standard InChI is InChI=1S/C38H48FN5O7/c1-6-36-12-7-14-44-15-13-37(32(36)44)27-20-28(40-31(46)23-43-18-16-42(17-19-43)22-25-8-10-26(39)11-9-25)30(49-4)21-29(27)41(3)33(37)38(48,35(47)50-5)34(36)51-24(2)45/h7-12,20-21,32-34,48H,6,13-19,22-23H2,1-5H3,(H,40,46)/t32-,33+,34+,36+,37+,38-/m0/s1. The molecule has 4 aliphatic heterocycles. The zero-order chi connectivity index (χ0) is 36.3. The number of methoxy groups -OCH3 is 2. The summed E-state index contributed by atoms with van der Waals surface area (Å²) < 4.78 is 30.5. The Morgan fingerprint density at radius 1 is 1.02 bits per heavy atom. The first kappa shape index (κ1) is 35.4. The fraction of sp³-hybridized carbons (Fsp3) is 0.553. The molecule has 12 nitrogen and oxygen atoms in total. The van der Waals surface area contributed by atoms with Crippen molar-refractivity contribution >= 4 is 29.2 Å². The SMILES string of the molecule is CC[C@]12C=CCN3CC[C@@]4(c5cc(NC(=O)CN6CCN(Cc7ccc(F)cc7)CC6)c(OC)cc5N(C)[C@H]4[C@@](O)(C(=O)OC)[C@@H]1OC(C)=O)[C@@H]32. The lowest BCUT2D eigenvalue weighted by Gasteiger charge is -2.63. The monoisotopic (exact) mass is 705 g/mol. The van der Waals surface area contributed by atoms with Gasteiger partial charge >= 0.3 is 11.9 Å². The Kier molecular flexibility index (Phi) is 9.14. The van der Waals surface area contributed by atoms with E-state index in [1.54, 1.807) is 19.2 Å². The molecule has 1 saturated carbocycles. The molecule has 7 rings (SSSR count). The molecule has 274 valence electrons. The van der Waals surface area contributed by atoms with Gasteiger partial charge in [-0.05, 0) is 48.7 Å². The van der Waals surface area contributed by atoms with Crippen molar-refractivity contribution in [3.05, 3.63) is 65.5 Å². The highest BCUT2D eigenvalue weighted by atomic mass is 19.1. The lowest BCUT2D eigenvalue weighted by Crippen LogP contribution is -2.81. The molecule has 51 heavy (non-hydrogen) atoms. The van der Waals surface area contributed by atoms with Gasteiger partial charge in [0.05, 0.1) is 32.5 Å². The molecule has 0 unspecified atom stereocenters. The second-order valence-electron chi connectivity index (χ2n) is 14.7. The fourth-order valence-corrected chi connectivity index (χ4v) is 10.2. The number of esters is 2. The number of nitrogens with one attached hydrogen (secondary N) is 1. The number of aliphatic hydroxyl groups is 1. The lowest BCUT2D eigenvalue weighted by atomic mass is 9.47. The summed E-state index contributed by atoms with van der Waals surface area (Å²) in [7, 11) is 4.62. The average Bonchev–Trinajstić information content (AvgIpc) is 3.63. The minimum Gasteiger partial charge on any atom is -0.494 e. The first-order valence-electron chi connectivity index (χ1n) is 17.8. The van der Waals surface area contributed by atoms with Gasteiger partial charge in [0.1, 0.15) is 11.6 Å². The number of piperazine rings is 1. The number of rotatable bonds is 9. The fourth-order valence-electron chi connectivity index (χ4n) is 10.2. The lowest BCUT2D eigenvalue weighted by molar-refractivity contribution is -0.228. The Morgan fingerprint density at radius 3 is 2.37 bits per heavy atom. The summed E-state index contributed by atoms with van der Waals surface area (Å²) in [5, 5.41) is 16.0. The maximum atomic E-state index is 13.9. The molecule has 1 amide bonds. The predicted molar refractivity (Wildman–Crippen MR) is 188 cm³/mol. The second kappa shape index (κ2) is 13.2. The Bertz CT molecular complexity index is 1730. The zero-order valence-corrected chi connectivity index (χ0v) is 30.0. The van der Waals surface area contributed by atoms with E-state index >= 15 is 0 Å². The third kappa shape index (κ3) is 5.42. The molecular formula is C38H48FN5O7. The van der Waals surface area contributed by atoms with Crippen molar-refractivity contribution in [3.63, 3.8) is 0 Å². The Morgan fingerprint density at radius 2 is 1.73 bits per heavy atom. The topological polar surface area (TPSA) is 124 Å². The quantitative estimate of drug-likeness (QED) is 0.296. The van der Waals surface area contributed by atoms with Gasteiger partial charge in [-0.25, -0.2) is 9.18 Å². The minimum absolute atomic E-state index is 0.179. The number of fused-ring (bicyclic) bond motifs is 1. The number of carbonyl (C=O) groups is 3. The van der Waals surface area contributed by atoms with Crippen LogP contribution in [0.3, 0.4) is 0 Å². The van der Waals surface area contributed by atoms with Gasteiger partial charge in [0.25, 0.3) is 0 Å². The summed E-state index contributed by atoms with van der Waals surface area (Å²) in [5.74, 6) is -1.43. The van der Waals surface area contributed by atoms with Crippen molar-refractivity contribution in [1.29, 1.82) is 0 Å². The highest BCUT2D eigenvalue weighted by Gasteiger charge is 2.80. The van der Waals surface area contributed by atoms with Crippen LogP contribution in [-0.4, -0.2) is 129 Å². The van der Waals surface area contributed by atoms with E-state index in [0.29, 0.717) is 50.5 Å². The molecule has 13 heteroatoms. The molecule has 3 fully saturated rings. The van der Waals surface area contributed by atoms with Gasteiger partial charge in [-0.2, -0.15) is 0 Å². The number of nitrogens with zero attached hydrogens (tertiary/aromatic N) is 4. The van der Waals surface area contributed by atoms with Gasteiger partial charge < -0.3 is 29.5 Å². The van der Waals surface area contributed by atoms with Gasteiger partial charge in [0, 0.05) is 81.9 Å². The minimum atomic E-state index is -2.23. The second-order valence-corrected chi connectivity index (χ2v) is 14.7. The highest BCUT2D eigenvalue weighted by Crippen LogP contribution is 2.67. The van der Waals surface area contributed by atoms with Crippen molar-refractivity contribution in [2.45, 2.75) is 62.4 Å². The van der Waals surface area contributed by atoms with Crippen LogP contribution >= 0.6 is 0 Å². The van der Waals surface area contributed by atoms with Crippen LogP contribution in [0.25, 0.3) is 0 Å². The number of hydrogen-bond donors (Lipinski definition) is 2. The first-order chi connectivity index (χ1) is 24.4. The largest absolute Gasteiger partial charge is 0.494 e. The van der Waals surface area contributed by atoms with Crippen LogP contribution in [0.1, 0.15) is 37.8 Å². The van der Waals surface area contributed by atoms with Crippen molar-refractivity contribution in [2.75, 3.05) is 77.3 Å². The van der Waals surface area contributed by atoms with Crippen molar-refractivity contribution in [1.82, 2.24) is 14.7 Å². The zero-order valence-electron chi connectivity index (χ0n) is 30.0. The number of ether oxygens (including phenoxy) is 3. The van der Waals surface area contributed by atoms with Crippen molar-refractivity contribution < 1.29 is 38.1 Å². The third-order valence-electron chi connectivity index (χ3n) is 12.2. The van der Waals surface area contributed by atoms with Crippen LogP contribution in [0.4, 0.5) is 15.8 Å². The summed E-state index contributed by atoms with van der Waals surface area (Å²) in [5.41, 5.74) is -0.719. The van der Waals surface area contributed by atoms with E-state index in [1.165, 1.54) is 26.2 Å². The van der Waals surface area contributed by atoms with Gasteiger partial charge in [-0.1, -0.05) is 31.2 Å². The third-order valence-corrected chi connectivity index (χ3v) is 12.2. The van der Waals surface area contributed by atoms with Gasteiger partial charge in [0.2, 0.25) is 11.5 Å². The number of hydrogen-bond acceptors (Lipinski definition) is 11. The smallest absolute Gasteiger partial charge is 0.344 e. The predicted octanol–water partition coefficient (Wildman–Crippen LogP) is 2.54. The van der Waals surface area contributed by atoms with E-state index in [0.717, 1.165) is 36.4 Å². The van der Waals surface area contributed by atoms with Crippen LogP contribution in [0.5, 0.6) is 5.75 Å². The van der Waals surface area contributed by atoms with E-state index in [9.17, 15) is 23.9 Å². The van der Waals surface area contributed by atoms with E-state index in [2.05, 4.69) is 20.0 Å². The van der Waals surface area contributed by atoms with Crippen LogP contribution in [0.15, 0.2) is 48.6 Å². The molecule has 5 aliphatic rings. The van der Waals surface area contributed by atoms with E-state index < -0.39 is 40.5 Å². The summed E-state index contributed by atoms with van der Waals surface area (Å²) >= 11 is 0. The van der Waals surface area contributed by atoms with Crippen molar-refractivity contribution in [2.24, 2.45) is 5.41 Å². The van der Waals surface area contributed by atoms with Crippen LogP contribution in [0, 0.1) is 11.2 Å². The van der Waals surface area contributed by atoms with Crippen LogP contribution in [0.2, 0.25) is 0 Å². The van der Waals surface area contributed by atoms with Crippen LogP contribution in [-0.2, 0) is 35.8 Å². The molecule has 0 radical (unpaired) electrons. The number of benzene rings is 2. The summed E-state index contributed by atoms with van der Waals surface area (Å²) in [6.07, 6.45) is 3.97. The molecule has 0 bridgehead atoms. The van der Waals surface area contributed by atoms with E-state index in [1.807, 2.05) is 43.2 Å². The molecule has 2 aromatic rings. The molecule has 6 atom stereocenters. The number of anilines is 2. The maximum Gasteiger partial charge on any atom is 0.344 e. The molecule has 1 aliphatic carbocycles. The molecular weight excluding hydrogens is 657 g/mol. The molecule has 2 N–H and O–H groups in total. The van der Waals surface area contributed by atoms with Gasteiger partial charge in [0.15, 0.2) is 6.10 Å².